The van der Waals surface area contributed by atoms with Crippen LogP contribution >= 0.6 is 0 Å². The molecule has 4 rings (SSSR count). The van der Waals surface area contributed by atoms with E-state index in [4.69, 9.17) is 0 Å². The van der Waals surface area contributed by atoms with Crippen molar-refractivity contribution < 1.29 is 49.0 Å². The zero-order chi connectivity index (χ0) is 23.2. The maximum atomic E-state index is 3.82. The fraction of sp³-hybridized carbons (Fsp3) is 0.267. The molecule has 1 aliphatic carbocycles. The molecule has 0 amide bonds. The summed E-state index contributed by atoms with van der Waals surface area (Å²) in [5.41, 5.74) is 4.04. The summed E-state index contributed by atoms with van der Waals surface area (Å²) in [6.45, 7) is 20.7. The Bertz CT molecular complexity index is 1090. The average molecular weight is 557 g/mol. The second-order valence-corrected chi connectivity index (χ2v) is 11.7. The van der Waals surface area contributed by atoms with Gasteiger partial charge in [-0.05, 0) is 11.1 Å². The van der Waals surface area contributed by atoms with Gasteiger partial charge in [-0.25, -0.2) is 6.08 Å². The van der Waals surface area contributed by atoms with Crippen LogP contribution in [0.3, 0.4) is 0 Å². The third-order valence-electron chi connectivity index (χ3n) is 5.02. The topological polar surface area (TPSA) is 0 Å². The van der Waals surface area contributed by atoms with Crippen molar-refractivity contribution in [3.63, 3.8) is 0 Å². The largest absolute Gasteiger partial charge is 1.00 e. The molecule has 0 radical (unpaired) electrons. The van der Waals surface area contributed by atoms with Gasteiger partial charge in [-0.2, -0.15) is 11.6 Å². The first kappa shape index (κ1) is 31.6. The molecular weight excluding hydrogens is 522 g/mol. The molecule has 3 aromatic rings. The summed E-state index contributed by atoms with van der Waals surface area (Å²) in [4.78, 5) is 0. The van der Waals surface area contributed by atoms with Crippen LogP contribution in [0.2, 0.25) is 0 Å². The molecule has 0 fully saturated rings. The van der Waals surface area contributed by atoms with Gasteiger partial charge in [-0.3, -0.25) is 6.08 Å². The first-order valence-electron chi connectivity index (χ1n) is 10.8. The molecule has 0 heterocycles. The van der Waals surface area contributed by atoms with Crippen LogP contribution in [0.1, 0.15) is 52.7 Å². The predicted octanol–water partition coefficient (Wildman–Crippen LogP) is 2.72. The Morgan fingerprint density at radius 1 is 0.939 bits per heavy atom. The molecule has 33 heavy (non-hydrogen) atoms. The summed E-state index contributed by atoms with van der Waals surface area (Å²) >= 11 is 1.55. The van der Waals surface area contributed by atoms with Crippen LogP contribution in [0.25, 0.3) is 33.7 Å². The monoisotopic (exact) mass is 554 g/mol. The van der Waals surface area contributed by atoms with Crippen LogP contribution in [0.15, 0.2) is 73.3 Å². The zero-order valence-electron chi connectivity index (χ0n) is 20.6. The zero-order valence-corrected chi connectivity index (χ0v) is 24.6. The summed E-state index contributed by atoms with van der Waals surface area (Å²) in [5.74, 6) is 0.522. The first-order chi connectivity index (χ1) is 14.5. The van der Waals surface area contributed by atoms with Gasteiger partial charge in [0.2, 0.25) is 0 Å². The minimum Gasteiger partial charge on any atom is -1.00 e. The number of hydrogen-bond acceptors (Lipinski definition) is 0. The molecule has 0 saturated carbocycles. The molecule has 0 saturated heterocycles. The second kappa shape index (κ2) is 14.1. The number of hydrogen-bond donors (Lipinski definition) is 0. The van der Waals surface area contributed by atoms with Crippen molar-refractivity contribution in [3.05, 3.63) is 90.6 Å². The van der Waals surface area contributed by atoms with Gasteiger partial charge >= 0.3 is 41.3 Å². The molecule has 0 spiro atoms. The van der Waals surface area contributed by atoms with Gasteiger partial charge < -0.3 is 24.8 Å². The van der Waals surface area contributed by atoms with Crippen molar-refractivity contribution in [3.8, 4) is 0 Å². The van der Waals surface area contributed by atoms with E-state index in [-0.39, 0.29) is 24.8 Å². The standard InChI is InChI=1S/C17H13.C10H15.C3H6.2ClH.Zr/c1-3-12-5-7-14-11-15-8-6-13(4-2)10-17(15)16(14)9-12;1-8-5-6-9(7-8)10(2,3)4;1-3-2;;;/h3-11H,1-2H2;6-8H,1-4H3;1-2H3;2*1H;/q2*-1;;;;+2/p-2. The number of halogens is 2. The van der Waals surface area contributed by atoms with Gasteiger partial charge in [0.25, 0.3) is 0 Å². The molecule has 3 aromatic carbocycles. The van der Waals surface area contributed by atoms with E-state index in [0.29, 0.717) is 11.3 Å². The Balaban J connectivity index is 0.000000552. The van der Waals surface area contributed by atoms with Crippen molar-refractivity contribution >= 4 is 36.9 Å². The van der Waals surface area contributed by atoms with Crippen LogP contribution in [0.4, 0.5) is 0 Å². The van der Waals surface area contributed by atoms with Crippen molar-refractivity contribution in [2.45, 2.75) is 41.5 Å². The number of benzene rings is 2. The molecule has 1 atom stereocenters. The van der Waals surface area contributed by atoms with Crippen molar-refractivity contribution in [1.82, 2.24) is 0 Å². The number of allylic oxidation sites excluding steroid dienone is 4. The molecule has 3 heteroatoms. The average Bonchev–Trinajstić information content (AvgIpc) is 3.30. The number of fused-ring (bicyclic) bond motifs is 3. The maximum absolute atomic E-state index is 3.82. The maximum Gasteiger partial charge on any atom is -1.00 e. The third-order valence-corrected chi connectivity index (χ3v) is 5.02. The second-order valence-electron chi connectivity index (χ2n) is 9.22. The number of rotatable bonds is 2. The molecule has 0 bridgehead atoms. The molecule has 174 valence electrons. The molecule has 0 N–H and O–H groups in total. The summed E-state index contributed by atoms with van der Waals surface area (Å²) in [7, 11) is 0. The van der Waals surface area contributed by atoms with Crippen molar-refractivity contribution in [2.75, 3.05) is 0 Å². The molecule has 1 aliphatic rings. The van der Waals surface area contributed by atoms with Gasteiger partial charge in [-0.15, -0.1) is 39.7 Å². The summed E-state index contributed by atoms with van der Waals surface area (Å²) < 4.78 is 1.51. The predicted molar refractivity (Wildman–Crippen MR) is 138 cm³/mol. The van der Waals surface area contributed by atoms with E-state index < -0.39 is 0 Å². The van der Waals surface area contributed by atoms with Crippen molar-refractivity contribution in [2.24, 2.45) is 11.3 Å². The van der Waals surface area contributed by atoms with E-state index >= 15 is 0 Å². The van der Waals surface area contributed by atoms with Gasteiger partial charge in [0, 0.05) is 0 Å². The Labute approximate surface area is 228 Å². The van der Waals surface area contributed by atoms with Crippen LogP contribution < -0.4 is 24.8 Å². The molecule has 0 aromatic heterocycles. The Kier molecular flexibility index (Phi) is 13.5. The van der Waals surface area contributed by atoms with E-state index in [9.17, 15) is 0 Å². The van der Waals surface area contributed by atoms with Crippen LogP contribution in [0.5, 0.6) is 0 Å². The Morgan fingerprint density at radius 2 is 1.36 bits per heavy atom. The van der Waals surface area contributed by atoms with Gasteiger partial charge in [-0.1, -0.05) is 88.6 Å². The molecule has 0 nitrogen and oxygen atoms in total. The van der Waals surface area contributed by atoms with E-state index in [1.54, 1.807) is 24.2 Å². The van der Waals surface area contributed by atoms with E-state index in [2.05, 4.69) is 115 Å². The summed E-state index contributed by atoms with van der Waals surface area (Å²) in [5, 5.41) is 5.15. The van der Waals surface area contributed by atoms with Gasteiger partial charge in [0.05, 0.1) is 0 Å². The Morgan fingerprint density at radius 3 is 1.64 bits per heavy atom. The van der Waals surface area contributed by atoms with Gasteiger partial charge in [0.1, 0.15) is 0 Å². The SMILES string of the molecule is C=Cc1ccc2[cH-]c3ccc(C=C)cc3c2c1.CC1[C-]=CC(C(C)(C)C)=C1.C[C](C)=[Zr+2].[Cl-].[Cl-]. The Hall–Kier alpha value is -1.40. The first-order valence-corrected chi connectivity index (χ1v) is 12.0. The fourth-order valence-corrected chi connectivity index (χ4v) is 3.34. The summed E-state index contributed by atoms with van der Waals surface area (Å²) in [6, 6.07) is 15.1. The van der Waals surface area contributed by atoms with Crippen LogP contribution in [0, 0.1) is 17.4 Å². The van der Waals surface area contributed by atoms with E-state index in [1.165, 1.54) is 30.3 Å². The van der Waals surface area contributed by atoms with Gasteiger partial charge in [0.15, 0.2) is 0 Å². The minimum absolute atomic E-state index is 0. The van der Waals surface area contributed by atoms with Crippen molar-refractivity contribution in [1.29, 1.82) is 0 Å². The normalized spacial score (nSPS) is 14.1. The smallest absolute Gasteiger partial charge is 1.00 e. The molecule has 0 aliphatic heterocycles. The quantitative estimate of drug-likeness (QED) is 0.426. The fourth-order valence-electron chi connectivity index (χ4n) is 3.34. The van der Waals surface area contributed by atoms with E-state index in [1.807, 2.05) is 12.2 Å². The van der Waals surface area contributed by atoms with Crippen LogP contribution in [-0.4, -0.2) is 3.21 Å². The third kappa shape index (κ3) is 9.40. The van der Waals surface area contributed by atoms with E-state index in [0.717, 1.165) is 11.1 Å². The minimum atomic E-state index is 0. The molecular formula is C30H34Cl2Zr-2. The summed E-state index contributed by atoms with van der Waals surface area (Å²) in [6.07, 6.45) is 11.4. The molecule has 1 unspecified atom stereocenters. The van der Waals surface area contributed by atoms with Crippen LogP contribution in [-0.2, 0) is 24.2 Å².